The second kappa shape index (κ2) is 18.4. The molecule has 4 aliphatic heterocycles. The lowest BCUT2D eigenvalue weighted by Gasteiger charge is -2.38. The van der Waals surface area contributed by atoms with Gasteiger partial charge in [0.2, 0.25) is 0 Å². The molecule has 0 radical (unpaired) electrons. The van der Waals surface area contributed by atoms with E-state index in [2.05, 4.69) is 192 Å². The van der Waals surface area contributed by atoms with Gasteiger partial charge in [0, 0.05) is 68.9 Å². The van der Waals surface area contributed by atoms with E-state index in [1.165, 1.54) is 65.7 Å². The lowest BCUT2D eigenvalue weighted by molar-refractivity contribution is 0.158. The third kappa shape index (κ3) is 7.99. The number of allylic oxidation sites excluding steroid dienone is 16. The number of likely N-dealkylation sites (tertiary alicyclic amines) is 1. The van der Waals surface area contributed by atoms with E-state index in [1.54, 1.807) is 11.1 Å². The van der Waals surface area contributed by atoms with Crippen molar-refractivity contribution in [3.8, 4) is 0 Å². The Labute approximate surface area is 408 Å². The highest BCUT2D eigenvalue weighted by Gasteiger charge is 2.53. The predicted octanol–water partition coefficient (Wildman–Crippen LogP) is 13.5. The van der Waals surface area contributed by atoms with E-state index in [-0.39, 0.29) is 18.0 Å². The molecule has 12 unspecified atom stereocenters. The topological polar surface area (TPSA) is 52.4 Å². The second-order valence-corrected chi connectivity index (χ2v) is 22.2. The molecule has 2 aromatic carbocycles. The van der Waals surface area contributed by atoms with Crippen molar-refractivity contribution in [2.24, 2.45) is 56.4 Å². The van der Waals surface area contributed by atoms with Crippen LogP contribution in [0, 0.1) is 41.4 Å². The fraction of sp³-hybridized carbons (Fsp3) is 0.371. The number of amidine groups is 2. The van der Waals surface area contributed by atoms with Crippen molar-refractivity contribution in [1.82, 2.24) is 10.2 Å². The van der Waals surface area contributed by atoms with Gasteiger partial charge in [0.05, 0.1) is 5.70 Å². The molecule has 13 rings (SSSR count). The van der Waals surface area contributed by atoms with Gasteiger partial charge >= 0.3 is 0 Å². The van der Waals surface area contributed by atoms with Crippen LogP contribution in [0.15, 0.2) is 201 Å². The van der Waals surface area contributed by atoms with Gasteiger partial charge in [0.25, 0.3) is 0 Å². The van der Waals surface area contributed by atoms with Crippen LogP contribution in [0.2, 0.25) is 0 Å². The van der Waals surface area contributed by atoms with Crippen molar-refractivity contribution in [2.75, 3.05) is 0 Å². The van der Waals surface area contributed by atoms with Gasteiger partial charge in [-0.15, -0.1) is 11.8 Å². The molecule has 1 fully saturated rings. The number of nitrogens with zero attached hydrogens (tertiary/aromatic N) is 4. The summed E-state index contributed by atoms with van der Waals surface area (Å²) in [6.07, 6.45) is 59.5. The lowest BCUT2D eigenvalue weighted by atomic mass is 9.71. The van der Waals surface area contributed by atoms with Crippen LogP contribution in [0.5, 0.6) is 0 Å². The lowest BCUT2D eigenvalue weighted by Crippen LogP contribution is -2.45. The van der Waals surface area contributed by atoms with Crippen LogP contribution < -0.4 is 5.32 Å². The Kier molecular flexibility index (Phi) is 11.5. The number of benzene rings is 2. The largest absolute Gasteiger partial charge is 0.344 e. The van der Waals surface area contributed by atoms with Crippen molar-refractivity contribution in [3.05, 3.63) is 197 Å². The zero-order valence-corrected chi connectivity index (χ0v) is 39.9. The van der Waals surface area contributed by atoms with E-state index >= 15 is 0 Å². The number of nitrogens with one attached hydrogen (secondary N) is 1. The van der Waals surface area contributed by atoms with Crippen molar-refractivity contribution in [1.29, 1.82) is 0 Å². The van der Waals surface area contributed by atoms with Crippen molar-refractivity contribution >= 4 is 40.9 Å². The minimum Gasteiger partial charge on any atom is -0.344 e. The maximum atomic E-state index is 5.65. The highest BCUT2D eigenvalue weighted by Crippen LogP contribution is 2.57. The highest BCUT2D eigenvalue weighted by molar-refractivity contribution is 8.00. The summed E-state index contributed by atoms with van der Waals surface area (Å²) in [4.78, 5) is 20.9. The Bertz CT molecular complexity index is 2820. The molecule has 2 aromatic rings. The quantitative estimate of drug-likeness (QED) is 0.269. The zero-order chi connectivity index (χ0) is 45.0. The molecule has 7 aliphatic carbocycles. The summed E-state index contributed by atoms with van der Waals surface area (Å²) in [6.45, 7) is 0. The van der Waals surface area contributed by atoms with Gasteiger partial charge in [-0.2, -0.15) is 0 Å². The average Bonchev–Trinajstić information content (AvgIpc) is 3.95. The predicted molar refractivity (Wildman–Crippen MR) is 285 cm³/mol. The number of rotatable bonds is 8. The first-order valence-corrected chi connectivity index (χ1v) is 26.8. The number of hydrogen-bond acceptors (Lipinski definition) is 6. The summed E-state index contributed by atoms with van der Waals surface area (Å²) in [5.41, 5.74) is 10.6. The monoisotopic (exact) mass is 909 g/mol. The van der Waals surface area contributed by atoms with Gasteiger partial charge in [-0.05, 0) is 123 Å². The van der Waals surface area contributed by atoms with Gasteiger partial charge in [0.1, 0.15) is 17.8 Å². The molecule has 1 saturated heterocycles. The Hall–Kier alpha value is -5.56. The van der Waals surface area contributed by atoms with Crippen LogP contribution in [0.25, 0.3) is 11.3 Å². The Balaban J connectivity index is 0.904. The molecule has 342 valence electrons. The van der Waals surface area contributed by atoms with E-state index < -0.39 is 0 Å². The summed E-state index contributed by atoms with van der Waals surface area (Å²) < 4.78 is 0. The van der Waals surface area contributed by atoms with E-state index in [9.17, 15) is 0 Å². The zero-order valence-electron chi connectivity index (χ0n) is 39.1. The van der Waals surface area contributed by atoms with Gasteiger partial charge in [-0.25, -0.2) is 9.98 Å². The van der Waals surface area contributed by atoms with E-state index in [0.29, 0.717) is 47.0 Å². The molecule has 12 atom stereocenters. The minimum absolute atomic E-state index is 0.121. The fourth-order valence-electron chi connectivity index (χ4n) is 13.7. The van der Waals surface area contributed by atoms with Crippen LogP contribution in [0.1, 0.15) is 87.3 Å². The fourth-order valence-corrected chi connectivity index (χ4v) is 15.1. The second-order valence-electron chi connectivity index (χ2n) is 21.0. The summed E-state index contributed by atoms with van der Waals surface area (Å²) >= 11 is 2.11. The van der Waals surface area contributed by atoms with Crippen LogP contribution in [0.4, 0.5) is 0 Å². The maximum absolute atomic E-state index is 5.65. The Morgan fingerprint density at radius 1 is 0.691 bits per heavy atom. The van der Waals surface area contributed by atoms with E-state index in [0.717, 1.165) is 61.0 Å². The van der Waals surface area contributed by atoms with Crippen LogP contribution in [0.3, 0.4) is 0 Å². The standard InChI is InChI=1S/C62H63N5S/c1-6-18-40(19-7-1)45-32-46(41-20-8-2-9-21-41)34-47(33-45)48-36-54(62-65-60(42-22-10-3-11-23-42)64-61(66-62)43-24-12-4-13-25-43)59(63-39-48)44-30-31-57-52(35-44)53-37-56-51(38-58(53)68-57)50-28-16-17-29-55(50)67(56)49-26-14-5-15-27-49/h1-8,10-18,22-24,26,30-31,33-35,37,39-41,43,46,48-51,55-56,58,62H,9,19-21,25,27-29,32,36,38H2,(H,64,65,66). The molecule has 0 amide bonds. The van der Waals surface area contributed by atoms with E-state index in [4.69, 9.17) is 15.0 Å². The first-order chi connectivity index (χ1) is 33.7. The first-order valence-electron chi connectivity index (χ1n) is 26.0. The molecule has 0 aromatic heterocycles. The van der Waals surface area contributed by atoms with E-state index in [1.807, 2.05) is 0 Å². The highest BCUT2D eigenvalue weighted by atomic mass is 32.2. The molecule has 1 N–H and O–H groups in total. The third-order valence-corrected chi connectivity index (χ3v) is 18.5. The summed E-state index contributed by atoms with van der Waals surface area (Å²) in [7, 11) is 0. The van der Waals surface area contributed by atoms with Crippen LogP contribution in [-0.2, 0) is 0 Å². The number of hydrogen-bond donors (Lipinski definition) is 1. The summed E-state index contributed by atoms with van der Waals surface area (Å²) in [5, 5.41) is 4.43. The molecular formula is C62H63N5S. The van der Waals surface area contributed by atoms with Gasteiger partial charge in [-0.3, -0.25) is 9.89 Å². The average molecular weight is 910 g/mol. The molecule has 0 spiro atoms. The molecule has 0 bridgehead atoms. The van der Waals surface area contributed by atoms with Gasteiger partial charge < -0.3 is 5.32 Å². The SMILES string of the molecule is C1=CCC(C2=CC(C3C=NC(c4ccc5c(c4)C4=CC6C(CC4S5)C4CC=CCC4N6C4C=CC=CC4)=C(C4N=C(C5C=CC=CC5)N=C(c5ccccc5)N4)C3)=CC(C3CC=CCC3)C2)C=C1. The normalized spacial score (nSPS) is 35.4. The Morgan fingerprint density at radius 3 is 2.32 bits per heavy atom. The van der Waals surface area contributed by atoms with Crippen LogP contribution >= 0.6 is 11.8 Å². The molecule has 68 heavy (non-hydrogen) atoms. The van der Waals surface area contributed by atoms with Crippen molar-refractivity contribution in [2.45, 2.75) is 105 Å². The Morgan fingerprint density at radius 2 is 1.51 bits per heavy atom. The number of fused-ring (bicyclic) bond motifs is 6. The maximum Gasteiger partial charge on any atom is 0.146 e. The summed E-state index contributed by atoms with van der Waals surface area (Å²) in [5.74, 6) is 5.13. The van der Waals surface area contributed by atoms with Gasteiger partial charge in [0.15, 0.2) is 0 Å². The van der Waals surface area contributed by atoms with Crippen LogP contribution in [-0.4, -0.2) is 52.3 Å². The van der Waals surface area contributed by atoms with Crippen molar-refractivity contribution < 1.29 is 0 Å². The first kappa shape index (κ1) is 42.5. The molecule has 11 aliphatic rings. The smallest absolute Gasteiger partial charge is 0.146 e. The summed E-state index contributed by atoms with van der Waals surface area (Å²) in [6, 6.07) is 19.5. The molecular weight excluding hydrogens is 847 g/mol. The minimum atomic E-state index is -0.308. The van der Waals surface area contributed by atoms with Gasteiger partial charge in [-0.1, -0.05) is 157 Å². The molecule has 0 saturated carbocycles. The molecule has 4 heterocycles. The molecule has 6 heteroatoms. The number of thioether (sulfide) groups is 1. The third-order valence-electron chi connectivity index (χ3n) is 17.1. The van der Waals surface area contributed by atoms with Crippen molar-refractivity contribution in [3.63, 3.8) is 0 Å². The number of aliphatic imine (C=N–C) groups is 3. The molecule has 5 nitrogen and oxygen atoms in total.